The fraction of sp³-hybridized carbons (Fsp3) is 0.958. The van der Waals surface area contributed by atoms with Crippen LogP contribution in [-0.4, -0.2) is 61.9 Å². The van der Waals surface area contributed by atoms with Gasteiger partial charge in [-0.2, -0.15) is 0 Å². The molecule has 31 heavy (non-hydrogen) atoms. The first-order valence-electron chi connectivity index (χ1n) is 12.1. The quantitative estimate of drug-likeness (QED) is 0.635. The molecule has 2 fully saturated rings. The van der Waals surface area contributed by atoms with Crippen LogP contribution < -0.4 is 11.1 Å². The first kappa shape index (κ1) is 30.4. The van der Waals surface area contributed by atoms with E-state index in [1.807, 2.05) is 6.92 Å². The number of hydrogen-bond acceptors (Lipinski definition) is 5. The molecule has 7 heteroatoms. The predicted octanol–water partition coefficient (Wildman–Crippen LogP) is 4.33. The van der Waals surface area contributed by atoms with Crippen molar-refractivity contribution in [1.82, 2.24) is 10.2 Å². The molecule has 3 N–H and O–H groups in total. The first-order chi connectivity index (χ1) is 14.1. The van der Waals surface area contributed by atoms with Crippen molar-refractivity contribution in [2.45, 2.75) is 111 Å². The predicted molar refractivity (Wildman–Crippen MR) is 133 cm³/mol. The third-order valence-corrected chi connectivity index (χ3v) is 5.98. The highest BCUT2D eigenvalue weighted by molar-refractivity contribution is 6.45. The third kappa shape index (κ3) is 11.2. The summed E-state index contributed by atoms with van der Waals surface area (Å²) < 4.78 is 11.4. The zero-order valence-corrected chi connectivity index (χ0v) is 22.4. The number of carbonyl (C=O) groups excluding carboxylic acids is 1. The first-order valence-corrected chi connectivity index (χ1v) is 12.1. The van der Waals surface area contributed by atoms with Crippen molar-refractivity contribution < 1.29 is 14.1 Å². The molecule has 0 spiro atoms. The molecule has 0 aromatic heterocycles. The van der Waals surface area contributed by atoms with E-state index < -0.39 is 0 Å². The Labute approximate surface area is 193 Å². The van der Waals surface area contributed by atoms with Crippen LogP contribution in [0.5, 0.6) is 0 Å². The van der Waals surface area contributed by atoms with Crippen molar-refractivity contribution >= 4 is 13.0 Å². The Kier molecular flexibility index (Phi) is 12.9. The second-order valence-electron chi connectivity index (χ2n) is 11.2. The van der Waals surface area contributed by atoms with Gasteiger partial charge in [0.15, 0.2) is 0 Å². The molecule has 1 saturated carbocycles. The third-order valence-electron chi connectivity index (χ3n) is 5.98. The molecule has 2 atom stereocenters. The number of hydrogen-bond donors (Lipinski definition) is 2. The summed E-state index contributed by atoms with van der Waals surface area (Å²) in [7, 11) is 4.17. The number of nitrogens with two attached hydrogens (primary N) is 1. The van der Waals surface area contributed by atoms with Crippen LogP contribution in [0, 0.1) is 11.8 Å². The van der Waals surface area contributed by atoms with Crippen LogP contribution in [0.3, 0.4) is 0 Å². The maximum atomic E-state index is 12.3. The smallest absolute Gasteiger partial charge is 0.403 e. The van der Waals surface area contributed by atoms with Crippen molar-refractivity contribution in [3.63, 3.8) is 0 Å². The summed E-state index contributed by atoms with van der Waals surface area (Å²) in [4.78, 5) is 14.5. The molecule has 0 bridgehead atoms. The number of nitrogens with zero attached hydrogens (tertiary/aromatic N) is 1. The summed E-state index contributed by atoms with van der Waals surface area (Å²) >= 11 is 0. The lowest BCUT2D eigenvalue weighted by Crippen LogP contribution is -2.47. The summed E-state index contributed by atoms with van der Waals surface area (Å²) in [6.45, 7) is 20.2. The summed E-state index contributed by atoms with van der Waals surface area (Å²) in [5.41, 5.74) is 4.42. The summed E-state index contributed by atoms with van der Waals surface area (Å²) in [6.07, 6.45) is 5.65. The van der Waals surface area contributed by atoms with E-state index >= 15 is 0 Å². The molecule has 1 aliphatic heterocycles. The van der Waals surface area contributed by atoms with E-state index in [-0.39, 0.29) is 35.7 Å². The molecule has 1 saturated heterocycles. The number of carbonyl (C=O) groups is 1. The molecule has 6 nitrogen and oxygen atoms in total. The Balaban J connectivity index is 0.000000551. The Morgan fingerprint density at radius 3 is 1.87 bits per heavy atom. The molecular formula is C24H52BN3O3. The number of rotatable bonds is 4. The molecule has 0 aromatic rings. The average Bonchev–Trinajstić information content (AvgIpc) is 2.82. The van der Waals surface area contributed by atoms with Gasteiger partial charge in [0.25, 0.3) is 0 Å². The fourth-order valence-corrected chi connectivity index (χ4v) is 3.83. The largest absolute Gasteiger partial charge is 0.457 e. The van der Waals surface area contributed by atoms with Crippen molar-refractivity contribution in [2.24, 2.45) is 17.6 Å². The van der Waals surface area contributed by atoms with E-state index in [2.05, 4.69) is 79.7 Å². The van der Waals surface area contributed by atoms with E-state index in [0.717, 1.165) is 25.8 Å². The molecule has 1 aliphatic carbocycles. The highest BCUT2D eigenvalue weighted by Gasteiger charge is 2.50. The van der Waals surface area contributed by atoms with Gasteiger partial charge in [-0.3, -0.25) is 4.79 Å². The van der Waals surface area contributed by atoms with Crippen LogP contribution >= 0.6 is 0 Å². The summed E-state index contributed by atoms with van der Waals surface area (Å²) in [6, 6.07) is 0. The van der Waals surface area contributed by atoms with Gasteiger partial charge in [-0.1, -0.05) is 26.7 Å². The van der Waals surface area contributed by atoms with Crippen molar-refractivity contribution in [2.75, 3.05) is 27.2 Å². The average molecular weight is 442 g/mol. The van der Waals surface area contributed by atoms with Crippen LogP contribution in [-0.2, 0) is 14.1 Å². The highest BCUT2D eigenvalue weighted by atomic mass is 16.7. The van der Waals surface area contributed by atoms with Crippen LogP contribution in [0.1, 0.15) is 88.0 Å². The van der Waals surface area contributed by atoms with Crippen molar-refractivity contribution in [3.05, 3.63) is 0 Å². The van der Waals surface area contributed by atoms with E-state index in [1.165, 1.54) is 19.3 Å². The monoisotopic (exact) mass is 441 g/mol. The Bertz CT molecular complexity index is 503. The second kappa shape index (κ2) is 13.2. The second-order valence-corrected chi connectivity index (χ2v) is 11.2. The van der Waals surface area contributed by atoms with E-state index in [4.69, 9.17) is 15.0 Å². The van der Waals surface area contributed by atoms with Gasteiger partial charge >= 0.3 is 7.12 Å². The molecule has 2 unspecified atom stereocenters. The van der Waals surface area contributed by atoms with Gasteiger partial charge < -0.3 is 25.3 Å². The standard InChI is InChI=1S/C14H28N2O.C8H17BO2.C2H7N/c1-14(2,3)15-13(17)12-9-7-6-8-11(12)10-16(4)5;1-6-9-10-7(2,3)8(4,5)11-9;1-2-3/h11-12H,6-10H2,1-5H3,(H,15,17);6H2,1-5H3;2-3H2,1H3. The van der Waals surface area contributed by atoms with Crippen molar-refractivity contribution in [3.8, 4) is 0 Å². The zero-order chi connectivity index (χ0) is 24.5. The Morgan fingerprint density at radius 1 is 1.06 bits per heavy atom. The van der Waals surface area contributed by atoms with Crippen LogP contribution in [0.4, 0.5) is 0 Å². The SMILES string of the molecule is CCB1OC(C)(C)C(C)(C)O1.CCN.CN(C)CC1CCCCC1C(=O)NC(C)(C)C. The van der Waals surface area contributed by atoms with Gasteiger partial charge in [0.2, 0.25) is 5.91 Å². The number of nitrogens with one attached hydrogen (secondary N) is 1. The molecule has 0 aromatic carbocycles. The maximum absolute atomic E-state index is 12.3. The topological polar surface area (TPSA) is 76.8 Å². The van der Waals surface area contributed by atoms with Gasteiger partial charge in [-0.05, 0) is 94.2 Å². The zero-order valence-electron chi connectivity index (χ0n) is 22.4. The lowest BCUT2D eigenvalue weighted by atomic mass is 9.78. The van der Waals surface area contributed by atoms with Gasteiger partial charge in [0.1, 0.15) is 0 Å². The summed E-state index contributed by atoms with van der Waals surface area (Å²) in [5, 5.41) is 3.13. The fourth-order valence-electron chi connectivity index (χ4n) is 3.83. The summed E-state index contributed by atoms with van der Waals surface area (Å²) in [5.74, 6) is 0.996. The van der Waals surface area contributed by atoms with Gasteiger partial charge in [-0.15, -0.1) is 0 Å². The highest BCUT2D eigenvalue weighted by Crippen LogP contribution is 2.37. The molecule has 1 amide bonds. The van der Waals surface area contributed by atoms with Gasteiger partial charge in [0, 0.05) is 18.0 Å². The molecule has 184 valence electrons. The normalized spacial score (nSPS) is 24.6. The molecule has 2 aliphatic rings. The minimum atomic E-state index is -0.159. The van der Waals surface area contributed by atoms with E-state index in [1.54, 1.807) is 0 Å². The minimum absolute atomic E-state index is 0.0139. The molecule has 1 heterocycles. The van der Waals surface area contributed by atoms with Gasteiger partial charge in [0.05, 0.1) is 11.2 Å². The van der Waals surface area contributed by atoms with E-state index in [0.29, 0.717) is 5.92 Å². The molecule has 2 rings (SSSR count). The van der Waals surface area contributed by atoms with Crippen LogP contribution in [0.2, 0.25) is 6.32 Å². The van der Waals surface area contributed by atoms with E-state index in [9.17, 15) is 4.79 Å². The van der Waals surface area contributed by atoms with Crippen molar-refractivity contribution in [1.29, 1.82) is 0 Å². The van der Waals surface area contributed by atoms with Crippen LogP contribution in [0.15, 0.2) is 0 Å². The van der Waals surface area contributed by atoms with Gasteiger partial charge in [-0.25, -0.2) is 0 Å². The Morgan fingerprint density at radius 2 is 1.52 bits per heavy atom. The lowest BCUT2D eigenvalue weighted by molar-refractivity contribution is -0.129. The van der Waals surface area contributed by atoms with Crippen LogP contribution in [0.25, 0.3) is 0 Å². The maximum Gasteiger partial charge on any atom is 0.457 e. The molecule has 0 radical (unpaired) electrons. The molecular weight excluding hydrogens is 389 g/mol. The Hall–Kier alpha value is -0.625. The minimum Gasteiger partial charge on any atom is -0.403 e. The number of amides is 1. The lowest BCUT2D eigenvalue weighted by Gasteiger charge is -2.34.